The first-order valence-electron chi connectivity index (χ1n) is 9.15. The Hall–Kier alpha value is -4.19. The number of pyridine rings is 2. The minimum absolute atomic E-state index is 0.317. The lowest BCUT2D eigenvalue weighted by Crippen LogP contribution is -2.17. The molecule has 0 radical (unpaired) electrons. The maximum absolute atomic E-state index is 13.0. The molecule has 0 unspecified atom stereocenters. The van der Waals surface area contributed by atoms with Crippen LogP contribution in [0.3, 0.4) is 0 Å². The predicted octanol–water partition coefficient (Wildman–Crippen LogP) is 4.10. The van der Waals surface area contributed by atoms with Crippen molar-refractivity contribution < 1.29 is 4.79 Å². The fraction of sp³-hybridized carbons (Fsp3) is 0. The second-order valence-corrected chi connectivity index (χ2v) is 6.68. The topological polar surface area (TPSA) is 79.3 Å². The van der Waals surface area contributed by atoms with E-state index in [4.69, 9.17) is 0 Å². The molecule has 5 rings (SSSR count). The van der Waals surface area contributed by atoms with E-state index in [1.165, 1.54) is 6.07 Å². The average Bonchev–Trinajstić information content (AvgIpc) is 3.17. The van der Waals surface area contributed by atoms with Crippen molar-refractivity contribution in [2.75, 3.05) is 5.32 Å². The number of hydrogen-bond acceptors (Lipinski definition) is 3. The van der Waals surface area contributed by atoms with Gasteiger partial charge >= 0.3 is 0 Å². The Labute approximate surface area is 165 Å². The maximum Gasteiger partial charge on any atom is 0.256 e. The van der Waals surface area contributed by atoms with Gasteiger partial charge in [-0.15, -0.1) is 0 Å². The number of fused-ring (bicyclic) bond motifs is 2. The lowest BCUT2D eigenvalue weighted by Gasteiger charge is -2.11. The van der Waals surface area contributed by atoms with Crippen molar-refractivity contribution >= 4 is 28.1 Å². The predicted molar refractivity (Wildman–Crippen MR) is 113 cm³/mol. The van der Waals surface area contributed by atoms with Gasteiger partial charge in [-0.1, -0.05) is 42.5 Å². The van der Waals surface area contributed by atoms with Crippen molar-refractivity contribution in [3.8, 4) is 11.3 Å². The summed E-state index contributed by atoms with van der Waals surface area (Å²) in [6, 6.07) is 21.8. The minimum Gasteiger partial charge on any atom is -0.322 e. The Bertz CT molecular complexity index is 1400. The largest absolute Gasteiger partial charge is 0.322 e. The first kappa shape index (κ1) is 16.9. The van der Waals surface area contributed by atoms with Crippen LogP contribution in [-0.4, -0.2) is 20.3 Å². The normalized spacial score (nSPS) is 11.0. The second-order valence-electron chi connectivity index (χ2n) is 6.68. The summed E-state index contributed by atoms with van der Waals surface area (Å²) in [6.45, 7) is 0. The highest BCUT2D eigenvalue weighted by Crippen LogP contribution is 2.28. The summed E-state index contributed by atoms with van der Waals surface area (Å²) in [5.41, 5.74) is 3.64. The number of imidazole rings is 1. The molecule has 0 aliphatic carbocycles. The van der Waals surface area contributed by atoms with Gasteiger partial charge in [0, 0.05) is 34.9 Å². The fourth-order valence-corrected chi connectivity index (χ4v) is 3.46. The number of H-pyrrole nitrogens is 1. The number of aromatic nitrogens is 3. The van der Waals surface area contributed by atoms with Crippen molar-refractivity contribution in [3.63, 3.8) is 0 Å². The monoisotopic (exact) mass is 380 g/mol. The Kier molecular flexibility index (Phi) is 3.95. The van der Waals surface area contributed by atoms with Crippen LogP contribution in [0.4, 0.5) is 5.69 Å². The summed E-state index contributed by atoms with van der Waals surface area (Å²) in [5, 5.41) is 3.64. The molecule has 3 aromatic heterocycles. The quantitative estimate of drug-likeness (QED) is 0.495. The van der Waals surface area contributed by atoms with Crippen molar-refractivity contribution in [2.24, 2.45) is 0 Å². The summed E-state index contributed by atoms with van der Waals surface area (Å²) in [4.78, 5) is 32.4. The number of hydrogen-bond donors (Lipinski definition) is 2. The number of carbonyl (C=O) groups excluding carboxylic acids is 1. The molecule has 6 heteroatoms. The lowest BCUT2D eigenvalue weighted by atomic mass is 10.1. The summed E-state index contributed by atoms with van der Waals surface area (Å²) < 4.78 is 1.93. The molecule has 29 heavy (non-hydrogen) atoms. The van der Waals surface area contributed by atoms with Gasteiger partial charge in [0.05, 0.1) is 16.9 Å². The molecule has 140 valence electrons. The van der Waals surface area contributed by atoms with Crippen molar-refractivity contribution in [1.82, 2.24) is 14.4 Å². The summed E-state index contributed by atoms with van der Waals surface area (Å²) in [7, 11) is 0. The molecule has 0 bridgehead atoms. The Balaban J connectivity index is 1.57. The smallest absolute Gasteiger partial charge is 0.256 e. The van der Waals surface area contributed by atoms with Gasteiger partial charge < -0.3 is 14.7 Å². The second kappa shape index (κ2) is 6.76. The van der Waals surface area contributed by atoms with Crippen LogP contribution in [0, 0.1) is 0 Å². The Morgan fingerprint density at radius 2 is 1.76 bits per heavy atom. The van der Waals surface area contributed by atoms with E-state index in [0.717, 1.165) is 16.9 Å². The Morgan fingerprint density at radius 3 is 2.66 bits per heavy atom. The highest BCUT2D eigenvalue weighted by molar-refractivity contribution is 6.13. The van der Waals surface area contributed by atoms with Crippen molar-refractivity contribution in [2.45, 2.75) is 0 Å². The van der Waals surface area contributed by atoms with Crippen LogP contribution in [0.2, 0.25) is 0 Å². The highest BCUT2D eigenvalue weighted by Gasteiger charge is 2.15. The van der Waals surface area contributed by atoms with E-state index >= 15 is 0 Å². The van der Waals surface area contributed by atoms with Crippen LogP contribution in [0.1, 0.15) is 10.4 Å². The zero-order valence-electron chi connectivity index (χ0n) is 15.3. The highest BCUT2D eigenvalue weighted by atomic mass is 16.2. The average molecular weight is 380 g/mol. The molecule has 0 aliphatic heterocycles. The molecular formula is C23H16N4O2. The van der Waals surface area contributed by atoms with Crippen LogP contribution in [0.15, 0.2) is 90.0 Å². The lowest BCUT2D eigenvalue weighted by molar-refractivity contribution is 0.102. The summed E-state index contributed by atoms with van der Waals surface area (Å²) >= 11 is 0. The van der Waals surface area contributed by atoms with E-state index in [9.17, 15) is 9.59 Å². The fourth-order valence-electron chi connectivity index (χ4n) is 3.46. The number of carbonyl (C=O) groups is 1. The van der Waals surface area contributed by atoms with Crippen LogP contribution >= 0.6 is 0 Å². The maximum atomic E-state index is 13.0. The van der Waals surface area contributed by atoms with E-state index in [1.807, 2.05) is 77.5 Å². The number of anilines is 1. The third-order valence-electron chi connectivity index (χ3n) is 4.81. The number of nitrogens with one attached hydrogen (secondary N) is 2. The van der Waals surface area contributed by atoms with Crippen molar-refractivity contribution in [3.05, 3.63) is 101 Å². The van der Waals surface area contributed by atoms with Gasteiger partial charge in [0.15, 0.2) is 0 Å². The van der Waals surface area contributed by atoms with E-state index in [-0.39, 0.29) is 11.5 Å². The van der Waals surface area contributed by atoms with E-state index in [2.05, 4.69) is 15.3 Å². The molecule has 0 spiro atoms. The van der Waals surface area contributed by atoms with Gasteiger partial charge in [-0.2, -0.15) is 0 Å². The third-order valence-corrected chi connectivity index (χ3v) is 4.81. The number of amides is 1. The van der Waals surface area contributed by atoms with Gasteiger partial charge in [0.25, 0.3) is 5.91 Å². The van der Waals surface area contributed by atoms with E-state index in [1.54, 1.807) is 6.07 Å². The SMILES string of the molecule is O=C(Nc1ccccc1-c1cn2ccccc2n1)c1cc(=O)[nH]c2ccccc12. The standard InChI is InChI=1S/C23H16N4O2/c28-22-13-17(15-7-1-3-9-18(15)25-22)23(29)26-19-10-4-2-8-16(19)20-14-27-12-6-5-11-21(27)24-20/h1-14H,(H,25,28)(H,26,29). The molecule has 0 aliphatic rings. The number of para-hydroxylation sites is 2. The number of rotatable bonds is 3. The molecule has 0 fully saturated rings. The molecule has 0 atom stereocenters. The van der Waals surface area contributed by atoms with Crippen molar-refractivity contribution in [1.29, 1.82) is 0 Å². The Morgan fingerprint density at radius 1 is 0.966 bits per heavy atom. The number of benzene rings is 2. The van der Waals surface area contributed by atoms with E-state index < -0.39 is 0 Å². The van der Waals surface area contributed by atoms with Gasteiger partial charge in [-0.3, -0.25) is 9.59 Å². The first-order valence-corrected chi connectivity index (χ1v) is 9.15. The minimum atomic E-state index is -0.344. The van der Waals surface area contributed by atoms with Crippen LogP contribution in [-0.2, 0) is 0 Å². The van der Waals surface area contributed by atoms with Crippen LogP contribution in [0.5, 0.6) is 0 Å². The zero-order chi connectivity index (χ0) is 19.8. The van der Waals surface area contributed by atoms with Crippen LogP contribution < -0.4 is 10.9 Å². The van der Waals surface area contributed by atoms with Gasteiger partial charge in [0.2, 0.25) is 5.56 Å². The van der Waals surface area contributed by atoms with Gasteiger partial charge in [0.1, 0.15) is 5.65 Å². The number of nitrogens with zero attached hydrogens (tertiary/aromatic N) is 2. The molecule has 0 saturated carbocycles. The van der Waals surface area contributed by atoms with Gasteiger partial charge in [-0.05, 0) is 24.3 Å². The molecule has 2 aromatic carbocycles. The molecule has 3 heterocycles. The van der Waals surface area contributed by atoms with E-state index in [0.29, 0.717) is 22.2 Å². The summed E-state index contributed by atoms with van der Waals surface area (Å²) in [6.07, 6.45) is 3.85. The number of aromatic amines is 1. The molecule has 0 saturated heterocycles. The van der Waals surface area contributed by atoms with Crippen LogP contribution in [0.25, 0.3) is 27.8 Å². The third kappa shape index (κ3) is 3.06. The molecular weight excluding hydrogens is 364 g/mol. The molecule has 2 N–H and O–H groups in total. The molecule has 6 nitrogen and oxygen atoms in total. The first-order chi connectivity index (χ1) is 14.2. The summed E-state index contributed by atoms with van der Waals surface area (Å²) in [5.74, 6) is -0.344. The zero-order valence-corrected chi connectivity index (χ0v) is 15.3. The van der Waals surface area contributed by atoms with Gasteiger partial charge in [-0.25, -0.2) is 4.98 Å². The molecule has 5 aromatic rings. The molecule has 1 amide bonds.